The molecule has 0 aliphatic carbocycles. The van der Waals surface area contributed by atoms with Gasteiger partial charge < -0.3 is 24.8 Å². The predicted molar refractivity (Wildman–Crippen MR) is 126 cm³/mol. The zero-order valence-electron chi connectivity index (χ0n) is 17.7. The molecule has 1 atom stereocenters. The van der Waals surface area contributed by atoms with E-state index in [1.807, 2.05) is 72.8 Å². The molecule has 0 bridgehead atoms. The van der Waals surface area contributed by atoms with Crippen molar-refractivity contribution in [2.75, 3.05) is 6.16 Å². The Balaban J connectivity index is 1.60. The van der Waals surface area contributed by atoms with Crippen LogP contribution in [0.1, 0.15) is 24.5 Å². The van der Waals surface area contributed by atoms with Gasteiger partial charge in [-0.2, -0.15) is 0 Å². The molecule has 0 saturated heterocycles. The van der Waals surface area contributed by atoms with Gasteiger partial charge in [-0.1, -0.05) is 73.4 Å². The van der Waals surface area contributed by atoms with Crippen LogP contribution in [0.25, 0.3) is 0 Å². The molecule has 0 saturated carbocycles. The van der Waals surface area contributed by atoms with Gasteiger partial charge in [0, 0.05) is 20.4 Å². The first-order chi connectivity index (χ1) is 15.1. The van der Waals surface area contributed by atoms with E-state index < -0.39 is 19.3 Å². The van der Waals surface area contributed by atoms with Gasteiger partial charge in [-0.25, -0.2) is 0 Å². The molecule has 1 unspecified atom stereocenters. The third-order valence-corrected chi connectivity index (χ3v) is 7.28. The summed E-state index contributed by atoms with van der Waals surface area (Å²) in [6.07, 6.45) is 0.252. The van der Waals surface area contributed by atoms with Crippen LogP contribution in [0.4, 0.5) is 0 Å². The smallest absolute Gasteiger partial charge is 0.120 e. The van der Waals surface area contributed by atoms with E-state index in [0.717, 1.165) is 26.7 Å². The zero-order chi connectivity index (χ0) is 23.2. The van der Waals surface area contributed by atoms with Crippen LogP contribution in [-0.2, 0) is 17.6 Å². The Hall–Kier alpha value is -1.79. The zero-order valence-corrected chi connectivity index (χ0v) is 20.2. The van der Waals surface area contributed by atoms with Crippen molar-refractivity contribution in [3.8, 4) is 5.75 Å². The molecule has 3 aromatic rings. The van der Waals surface area contributed by atoms with Crippen molar-refractivity contribution in [3.63, 3.8) is 0 Å². The standard InChI is InChI=1S/C24H27ClNO4PS/c1-24(26,17-31(27,28)29)13-12-19-10-11-22(15-23(19)25)32-21-9-5-8-20(14-21)30-16-18-6-3-2-4-7-18/h2-11,14-15H,12-13,16-17,26H2,1H3,(H2,27,28,29)/p-2. The second kappa shape index (κ2) is 10.9. The SMILES string of the molecule is CC(N)(CCc1ccc(Sc2cccc(OCc3ccccc3)c2)cc1Cl)CP(=O)([O-])[O-]. The van der Waals surface area contributed by atoms with Crippen LogP contribution in [0.3, 0.4) is 0 Å². The highest BCUT2D eigenvalue weighted by Gasteiger charge is 2.20. The lowest BCUT2D eigenvalue weighted by atomic mass is 9.96. The Labute approximate surface area is 198 Å². The third-order valence-electron chi connectivity index (χ3n) is 4.83. The lowest BCUT2D eigenvalue weighted by molar-refractivity contribution is -0.314. The summed E-state index contributed by atoms with van der Waals surface area (Å²) in [5.41, 5.74) is 6.86. The second-order valence-electron chi connectivity index (χ2n) is 8.03. The molecule has 0 amide bonds. The summed E-state index contributed by atoms with van der Waals surface area (Å²) < 4.78 is 16.9. The van der Waals surface area contributed by atoms with Gasteiger partial charge in [0.15, 0.2) is 0 Å². The molecule has 2 N–H and O–H groups in total. The molecule has 0 spiro atoms. The number of aryl methyl sites for hydroxylation is 1. The summed E-state index contributed by atoms with van der Waals surface area (Å²) in [6, 6.07) is 23.6. The Morgan fingerprint density at radius 3 is 2.44 bits per heavy atom. The van der Waals surface area contributed by atoms with E-state index in [-0.39, 0.29) is 0 Å². The number of hydrogen-bond acceptors (Lipinski definition) is 6. The highest BCUT2D eigenvalue weighted by atomic mass is 35.5. The molecule has 170 valence electrons. The maximum absolute atomic E-state index is 11.0. The highest BCUT2D eigenvalue weighted by Crippen LogP contribution is 2.34. The van der Waals surface area contributed by atoms with Gasteiger partial charge in [0.1, 0.15) is 12.4 Å². The predicted octanol–water partition coefficient (Wildman–Crippen LogP) is 4.63. The number of rotatable bonds is 10. The summed E-state index contributed by atoms with van der Waals surface area (Å²) >= 11 is 8.02. The largest absolute Gasteiger partial charge is 0.811 e. The maximum Gasteiger partial charge on any atom is 0.120 e. The Kier molecular flexibility index (Phi) is 8.45. The molecule has 8 heteroatoms. The molecule has 3 aromatic carbocycles. The van der Waals surface area contributed by atoms with Crippen molar-refractivity contribution in [2.45, 2.75) is 41.7 Å². The molecular formula is C24H25ClNO4PS-2. The van der Waals surface area contributed by atoms with Crippen LogP contribution < -0.4 is 20.3 Å². The van der Waals surface area contributed by atoms with Gasteiger partial charge in [0.2, 0.25) is 0 Å². The van der Waals surface area contributed by atoms with Crippen molar-refractivity contribution in [1.29, 1.82) is 0 Å². The van der Waals surface area contributed by atoms with Gasteiger partial charge in [0.05, 0.1) is 0 Å². The maximum atomic E-state index is 11.0. The summed E-state index contributed by atoms with van der Waals surface area (Å²) in [4.78, 5) is 24.1. The average molecular weight is 490 g/mol. The normalized spacial score (nSPS) is 13.5. The molecule has 0 fully saturated rings. The monoisotopic (exact) mass is 489 g/mol. The van der Waals surface area contributed by atoms with Gasteiger partial charge >= 0.3 is 0 Å². The summed E-state index contributed by atoms with van der Waals surface area (Å²) in [5, 5.41) is 0.578. The number of hydrogen-bond donors (Lipinski definition) is 1. The Morgan fingerprint density at radius 1 is 1.03 bits per heavy atom. The molecular weight excluding hydrogens is 465 g/mol. The fraction of sp³-hybridized carbons (Fsp3) is 0.250. The van der Waals surface area contributed by atoms with Crippen LogP contribution in [-0.4, -0.2) is 11.7 Å². The topological polar surface area (TPSA) is 98.4 Å². The highest BCUT2D eigenvalue weighted by molar-refractivity contribution is 7.99. The molecule has 0 aromatic heterocycles. The molecule has 32 heavy (non-hydrogen) atoms. The molecule has 3 rings (SSSR count). The molecule has 0 aliphatic heterocycles. The second-order valence-corrected chi connectivity index (χ2v) is 11.1. The fourth-order valence-corrected chi connectivity index (χ4v) is 5.53. The molecule has 0 radical (unpaired) electrons. The van der Waals surface area contributed by atoms with Crippen LogP contribution >= 0.6 is 31.0 Å². The van der Waals surface area contributed by atoms with E-state index in [4.69, 9.17) is 22.1 Å². The summed E-state index contributed by atoms with van der Waals surface area (Å²) in [5.74, 6) is 0.790. The Bertz CT molecular complexity index is 1090. The Morgan fingerprint density at radius 2 is 1.75 bits per heavy atom. The molecule has 0 aliphatic rings. The average Bonchev–Trinajstić information content (AvgIpc) is 2.71. The molecule has 0 heterocycles. The van der Waals surface area contributed by atoms with Gasteiger partial charge in [-0.05, 0) is 67.4 Å². The quantitative estimate of drug-likeness (QED) is 0.417. The van der Waals surface area contributed by atoms with Crippen molar-refractivity contribution in [1.82, 2.24) is 0 Å². The minimum Gasteiger partial charge on any atom is -0.811 e. The van der Waals surface area contributed by atoms with Crippen molar-refractivity contribution >= 4 is 31.0 Å². The first kappa shape index (κ1) is 24.8. The minimum atomic E-state index is -4.67. The van der Waals surface area contributed by atoms with Crippen LogP contribution in [0.5, 0.6) is 5.75 Å². The number of ether oxygens (including phenoxy) is 1. The number of benzene rings is 3. The number of halogens is 1. The van der Waals surface area contributed by atoms with Gasteiger partial charge in [0.25, 0.3) is 0 Å². The van der Waals surface area contributed by atoms with E-state index in [1.54, 1.807) is 18.7 Å². The van der Waals surface area contributed by atoms with E-state index in [0.29, 0.717) is 24.5 Å². The first-order valence-corrected chi connectivity index (χ1v) is 13.0. The summed E-state index contributed by atoms with van der Waals surface area (Å²) in [6.45, 7) is 2.07. The summed E-state index contributed by atoms with van der Waals surface area (Å²) in [7, 11) is -4.67. The van der Waals surface area contributed by atoms with Crippen molar-refractivity contribution < 1.29 is 19.1 Å². The van der Waals surface area contributed by atoms with E-state index >= 15 is 0 Å². The minimum absolute atomic E-state index is 0.342. The van der Waals surface area contributed by atoms with E-state index in [1.165, 1.54) is 0 Å². The number of nitrogens with two attached hydrogens (primary N) is 1. The van der Waals surface area contributed by atoms with Gasteiger partial charge in [-0.3, -0.25) is 0 Å². The van der Waals surface area contributed by atoms with Crippen LogP contribution in [0.2, 0.25) is 5.02 Å². The lowest BCUT2D eigenvalue weighted by Gasteiger charge is -2.37. The van der Waals surface area contributed by atoms with Gasteiger partial charge in [-0.15, -0.1) is 0 Å². The molecule has 5 nitrogen and oxygen atoms in total. The van der Waals surface area contributed by atoms with Crippen LogP contribution in [0.15, 0.2) is 82.6 Å². The lowest BCUT2D eigenvalue weighted by Crippen LogP contribution is -2.43. The van der Waals surface area contributed by atoms with E-state index in [9.17, 15) is 14.4 Å². The van der Waals surface area contributed by atoms with Crippen molar-refractivity contribution in [3.05, 3.63) is 88.9 Å². The fourth-order valence-electron chi connectivity index (χ4n) is 3.24. The van der Waals surface area contributed by atoms with E-state index in [2.05, 4.69) is 0 Å². The third kappa shape index (κ3) is 8.28. The first-order valence-electron chi connectivity index (χ1n) is 10.1. The van der Waals surface area contributed by atoms with Crippen molar-refractivity contribution in [2.24, 2.45) is 5.73 Å². The van der Waals surface area contributed by atoms with Crippen LogP contribution in [0, 0.1) is 0 Å².